The molecule has 0 spiro atoms. The Balaban J connectivity index is 1.30. The lowest BCUT2D eigenvalue weighted by Crippen LogP contribution is -2.49. The first-order valence-electron chi connectivity index (χ1n) is 14.7. The van der Waals surface area contributed by atoms with Crippen molar-refractivity contribution in [2.45, 2.75) is 57.3 Å². The maximum absolute atomic E-state index is 13.2. The second-order valence-corrected chi connectivity index (χ2v) is 10.6. The Morgan fingerprint density at radius 3 is 2.52 bits per heavy atom. The van der Waals surface area contributed by atoms with Gasteiger partial charge < -0.3 is 19.5 Å². The number of ketones is 1. The Bertz CT molecular complexity index is 1070. The minimum absolute atomic E-state index is 0.0866. The Kier molecular flexibility index (Phi) is 12.4. The van der Waals surface area contributed by atoms with Gasteiger partial charge in [-0.1, -0.05) is 66.7 Å². The fourth-order valence-corrected chi connectivity index (χ4v) is 5.62. The molecule has 1 aliphatic heterocycles. The lowest BCUT2D eigenvalue weighted by Gasteiger charge is -2.35. The van der Waals surface area contributed by atoms with Crippen molar-refractivity contribution in [2.75, 3.05) is 46.6 Å². The first-order chi connectivity index (χ1) is 19.7. The van der Waals surface area contributed by atoms with Gasteiger partial charge in [0.05, 0.1) is 32.0 Å². The maximum Gasteiger partial charge on any atom is 0.220 e. The first kappa shape index (κ1) is 30.1. The standard InChI is InChI=1S/C33H44N2O5/c1-38-21-9-18-34-32(37)13-8-3-2-7-12-29-31(24-30(36)33(29)35-19-22-39-23-20-35)40-25-26-14-16-28(17-15-26)27-10-5-4-6-11-27/h2,4-7,10-11,14-17,29,31,33H,3,8-9,12-13,18-25H2,1H3,(H,34,37)/t29-,31-,33+/m0/s1. The number of carbonyl (C=O) groups is 2. The fraction of sp³-hybridized carbons (Fsp3) is 0.515. The number of hydrogen-bond acceptors (Lipinski definition) is 6. The summed E-state index contributed by atoms with van der Waals surface area (Å²) in [6.45, 7) is 4.69. The zero-order valence-corrected chi connectivity index (χ0v) is 23.8. The third kappa shape index (κ3) is 9.10. The van der Waals surface area contributed by atoms with E-state index in [1.165, 1.54) is 11.1 Å². The van der Waals surface area contributed by atoms with Crippen molar-refractivity contribution in [2.24, 2.45) is 5.92 Å². The van der Waals surface area contributed by atoms with Gasteiger partial charge in [0.1, 0.15) is 0 Å². The average Bonchev–Trinajstić information content (AvgIpc) is 3.31. The highest BCUT2D eigenvalue weighted by molar-refractivity contribution is 5.87. The summed E-state index contributed by atoms with van der Waals surface area (Å²) < 4.78 is 17.0. The number of amides is 1. The Morgan fingerprint density at radius 1 is 1.02 bits per heavy atom. The Labute approximate surface area is 238 Å². The Hall–Kier alpha value is -2.84. The molecule has 0 bridgehead atoms. The van der Waals surface area contributed by atoms with E-state index >= 15 is 0 Å². The second-order valence-electron chi connectivity index (χ2n) is 10.6. The van der Waals surface area contributed by atoms with Crippen molar-refractivity contribution >= 4 is 11.7 Å². The van der Waals surface area contributed by atoms with E-state index in [0.717, 1.165) is 44.3 Å². The lowest BCUT2D eigenvalue weighted by molar-refractivity contribution is -0.124. The smallest absolute Gasteiger partial charge is 0.220 e. The molecule has 216 valence electrons. The fourth-order valence-electron chi connectivity index (χ4n) is 5.62. The van der Waals surface area contributed by atoms with E-state index < -0.39 is 0 Å². The lowest BCUT2D eigenvalue weighted by atomic mass is 9.95. The summed E-state index contributed by atoms with van der Waals surface area (Å²) in [4.78, 5) is 27.5. The molecule has 1 heterocycles. The molecule has 1 amide bonds. The number of hydrogen-bond donors (Lipinski definition) is 1. The summed E-state index contributed by atoms with van der Waals surface area (Å²) in [5, 5.41) is 2.93. The number of carbonyl (C=O) groups excluding carboxylic acids is 2. The van der Waals surface area contributed by atoms with Crippen molar-refractivity contribution in [3.8, 4) is 11.1 Å². The average molecular weight is 549 g/mol. The van der Waals surface area contributed by atoms with Gasteiger partial charge in [-0.2, -0.15) is 0 Å². The molecule has 2 aliphatic rings. The van der Waals surface area contributed by atoms with Crippen molar-refractivity contribution < 1.29 is 23.8 Å². The molecule has 1 saturated carbocycles. The van der Waals surface area contributed by atoms with Crippen LogP contribution in [0.2, 0.25) is 0 Å². The van der Waals surface area contributed by atoms with Gasteiger partial charge in [0.15, 0.2) is 5.78 Å². The van der Waals surface area contributed by atoms with Crippen LogP contribution in [-0.2, 0) is 30.4 Å². The third-order valence-electron chi connectivity index (χ3n) is 7.78. The van der Waals surface area contributed by atoms with Crippen LogP contribution in [0.25, 0.3) is 11.1 Å². The first-order valence-corrected chi connectivity index (χ1v) is 14.7. The zero-order valence-electron chi connectivity index (χ0n) is 23.8. The molecule has 40 heavy (non-hydrogen) atoms. The summed E-state index contributed by atoms with van der Waals surface area (Å²) in [5.74, 6) is 0.466. The van der Waals surface area contributed by atoms with E-state index in [0.29, 0.717) is 45.8 Å². The Morgan fingerprint density at radius 2 is 1.77 bits per heavy atom. The van der Waals surface area contributed by atoms with Gasteiger partial charge in [-0.25, -0.2) is 0 Å². The molecule has 2 fully saturated rings. The van der Waals surface area contributed by atoms with Crippen molar-refractivity contribution in [3.05, 3.63) is 72.3 Å². The van der Waals surface area contributed by atoms with Crippen LogP contribution in [0.15, 0.2) is 66.7 Å². The molecule has 4 rings (SSSR count). The van der Waals surface area contributed by atoms with Crippen molar-refractivity contribution in [3.63, 3.8) is 0 Å². The van der Waals surface area contributed by atoms with Crippen LogP contribution in [-0.4, -0.2) is 75.3 Å². The molecule has 1 saturated heterocycles. The number of unbranched alkanes of at least 4 members (excludes halogenated alkanes) is 1. The van der Waals surface area contributed by atoms with Crippen molar-refractivity contribution in [1.29, 1.82) is 0 Å². The van der Waals surface area contributed by atoms with Crippen molar-refractivity contribution in [1.82, 2.24) is 10.2 Å². The van der Waals surface area contributed by atoms with E-state index in [9.17, 15) is 9.59 Å². The SMILES string of the molecule is COCCCNC(=O)CCCC=CC[C@H]1[C@@H](OCc2ccc(-c3ccccc3)cc2)CC(=O)[C@@H]1N1CCOCC1. The predicted molar refractivity (Wildman–Crippen MR) is 157 cm³/mol. The number of nitrogens with one attached hydrogen (secondary N) is 1. The molecule has 3 atom stereocenters. The van der Waals surface area contributed by atoms with Gasteiger partial charge in [-0.3, -0.25) is 14.5 Å². The third-order valence-corrected chi connectivity index (χ3v) is 7.78. The van der Waals surface area contributed by atoms with E-state index in [4.69, 9.17) is 14.2 Å². The zero-order chi connectivity index (χ0) is 28.0. The van der Waals surface area contributed by atoms with E-state index in [1.807, 2.05) is 18.2 Å². The summed E-state index contributed by atoms with van der Waals surface area (Å²) in [5.41, 5.74) is 3.48. The number of rotatable bonds is 15. The minimum atomic E-state index is -0.128. The predicted octanol–water partition coefficient (Wildman–Crippen LogP) is 4.80. The van der Waals surface area contributed by atoms with E-state index in [1.54, 1.807) is 7.11 Å². The van der Waals surface area contributed by atoms with Crippen LogP contribution in [0.1, 0.15) is 44.1 Å². The van der Waals surface area contributed by atoms with Gasteiger partial charge in [0.25, 0.3) is 0 Å². The molecular weight excluding hydrogens is 504 g/mol. The highest BCUT2D eigenvalue weighted by atomic mass is 16.5. The van der Waals surface area contributed by atoms with Gasteiger partial charge >= 0.3 is 0 Å². The van der Waals surface area contributed by atoms with Crippen LogP contribution in [0.3, 0.4) is 0 Å². The number of Topliss-reactive ketones (excluding diaryl/α,β-unsaturated/α-hetero) is 1. The summed E-state index contributed by atoms with van der Waals surface area (Å²) in [6.07, 6.45) is 8.45. The number of benzene rings is 2. The summed E-state index contributed by atoms with van der Waals surface area (Å²) in [6, 6.07) is 18.7. The van der Waals surface area contributed by atoms with Crippen LogP contribution in [0.4, 0.5) is 0 Å². The molecule has 2 aromatic carbocycles. The van der Waals surface area contributed by atoms with Gasteiger partial charge in [0, 0.05) is 52.1 Å². The van der Waals surface area contributed by atoms with Gasteiger partial charge in [-0.15, -0.1) is 0 Å². The molecule has 7 nitrogen and oxygen atoms in total. The van der Waals surface area contributed by atoms with Gasteiger partial charge in [0.2, 0.25) is 5.91 Å². The minimum Gasteiger partial charge on any atom is -0.385 e. The largest absolute Gasteiger partial charge is 0.385 e. The van der Waals surface area contributed by atoms with Crippen LogP contribution >= 0.6 is 0 Å². The number of morpholine rings is 1. The van der Waals surface area contributed by atoms with Gasteiger partial charge in [-0.05, 0) is 42.4 Å². The summed E-state index contributed by atoms with van der Waals surface area (Å²) in [7, 11) is 1.66. The number of allylic oxidation sites excluding steroid dienone is 2. The molecule has 7 heteroatoms. The number of ether oxygens (including phenoxy) is 3. The highest BCUT2D eigenvalue weighted by Crippen LogP contribution is 2.34. The molecule has 0 aromatic heterocycles. The second kappa shape index (κ2) is 16.4. The molecular formula is C33H44N2O5. The topological polar surface area (TPSA) is 77.1 Å². The maximum atomic E-state index is 13.2. The molecule has 0 unspecified atom stereocenters. The highest BCUT2D eigenvalue weighted by Gasteiger charge is 2.45. The molecule has 1 aliphatic carbocycles. The van der Waals surface area contributed by atoms with Crippen LogP contribution < -0.4 is 5.32 Å². The van der Waals surface area contributed by atoms with Crippen LogP contribution in [0.5, 0.6) is 0 Å². The molecule has 1 N–H and O–H groups in total. The van der Waals surface area contributed by atoms with E-state index in [-0.39, 0.29) is 29.8 Å². The normalized spacial score (nSPS) is 21.7. The number of methoxy groups -OCH3 is 1. The summed E-state index contributed by atoms with van der Waals surface area (Å²) >= 11 is 0. The number of nitrogens with zero attached hydrogens (tertiary/aromatic N) is 1. The molecule has 0 radical (unpaired) electrons. The quantitative estimate of drug-likeness (QED) is 0.255. The van der Waals surface area contributed by atoms with Crippen LogP contribution in [0, 0.1) is 5.92 Å². The monoisotopic (exact) mass is 548 g/mol. The molecule has 2 aromatic rings. The van der Waals surface area contributed by atoms with E-state index in [2.05, 4.69) is 58.8 Å².